The molecule has 0 unspecified atom stereocenters. The number of unbranched alkanes of at least 4 members (excludes halogenated alkanes) is 2. The van der Waals surface area contributed by atoms with Crippen molar-refractivity contribution in [1.29, 1.82) is 0 Å². The van der Waals surface area contributed by atoms with Crippen LogP contribution >= 0.6 is 12.4 Å². The lowest BCUT2D eigenvalue weighted by Gasteiger charge is -2.12. The monoisotopic (exact) mass is 502 g/mol. The molecule has 4 rings (SSSR count). The smallest absolute Gasteiger partial charge is 0.238 e. The average molecular weight is 503 g/mol. The Balaban J connectivity index is 0.00000324. The molecule has 0 radical (unpaired) electrons. The van der Waals surface area contributed by atoms with Crippen LogP contribution in [0.4, 0.5) is 11.5 Å². The van der Waals surface area contributed by atoms with Gasteiger partial charge in [-0.05, 0) is 43.5 Å². The van der Waals surface area contributed by atoms with Crippen LogP contribution in [0.3, 0.4) is 0 Å². The Morgan fingerprint density at radius 1 is 1.03 bits per heavy atom. The Labute approximate surface area is 206 Å². The lowest BCUT2D eigenvalue weighted by Crippen LogP contribution is -2.12. The van der Waals surface area contributed by atoms with E-state index in [-0.39, 0.29) is 17.3 Å². The number of nitrogen functional groups attached to an aromatic ring is 1. The summed E-state index contributed by atoms with van der Waals surface area (Å²) in [7, 11) is -3.71. The van der Waals surface area contributed by atoms with Gasteiger partial charge in [-0.15, -0.1) is 12.4 Å². The molecule has 34 heavy (non-hydrogen) atoms. The lowest BCUT2D eigenvalue weighted by molar-refractivity contribution is 0.597. The predicted molar refractivity (Wildman–Crippen MR) is 141 cm³/mol. The minimum absolute atomic E-state index is 0. The van der Waals surface area contributed by atoms with Crippen molar-refractivity contribution >= 4 is 55.9 Å². The van der Waals surface area contributed by atoms with E-state index in [9.17, 15) is 8.42 Å². The fourth-order valence-corrected chi connectivity index (χ4v) is 4.64. The number of imidazole rings is 1. The molecule has 0 aliphatic carbocycles. The zero-order chi connectivity index (χ0) is 23.4. The minimum Gasteiger partial charge on any atom is -0.385 e. The van der Waals surface area contributed by atoms with Crippen LogP contribution in [0.5, 0.6) is 0 Å². The Morgan fingerprint density at radius 2 is 1.82 bits per heavy atom. The fourth-order valence-electron chi connectivity index (χ4n) is 4.08. The Bertz CT molecular complexity index is 1390. The van der Waals surface area contributed by atoms with Crippen molar-refractivity contribution in [2.24, 2.45) is 5.14 Å². The highest BCUT2D eigenvalue weighted by atomic mass is 35.5. The van der Waals surface area contributed by atoms with Crippen LogP contribution < -0.4 is 16.2 Å². The molecule has 0 saturated carbocycles. The number of hydrogen-bond acceptors (Lipinski definition) is 6. The van der Waals surface area contributed by atoms with Gasteiger partial charge in [-0.2, -0.15) is 0 Å². The molecular weight excluding hydrogens is 472 g/mol. The van der Waals surface area contributed by atoms with Crippen molar-refractivity contribution in [3.8, 4) is 0 Å². The van der Waals surface area contributed by atoms with E-state index in [1.165, 1.54) is 6.07 Å². The molecule has 0 fully saturated rings. The van der Waals surface area contributed by atoms with Crippen molar-refractivity contribution < 1.29 is 8.42 Å². The summed E-state index contributed by atoms with van der Waals surface area (Å²) in [4.78, 5) is 9.52. The van der Waals surface area contributed by atoms with Crippen LogP contribution in [0.25, 0.3) is 21.9 Å². The molecular formula is C24H31ClN6O2S. The van der Waals surface area contributed by atoms with Gasteiger partial charge in [0.2, 0.25) is 10.0 Å². The molecule has 4 aromatic rings. The van der Waals surface area contributed by atoms with Crippen LogP contribution in [0.15, 0.2) is 53.4 Å². The molecule has 182 valence electrons. The summed E-state index contributed by atoms with van der Waals surface area (Å²) >= 11 is 0. The maximum absolute atomic E-state index is 11.6. The van der Waals surface area contributed by atoms with Crippen molar-refractivity contribution in [2.45, 2.75) is 50.5 Å². The number of hydrogen-bond donors (Lipinski definition) is 3. The molecule has 5 N–H and O–H groups in total. The second kappa shape index (κ2) is 11.0. The molecule has 0 amide bonds. The summed E-state index contributed by atoms with van der Waals surface area (Å²) in [5.74, 6) is 1.52. The van der Waals surface area contributed by atoms with Gasteiger partial charge < -0.3 is 15.6 Å². The fraction of sp³-hybridized carbons (Fsp3) is 0.333. The van der Waals surface area contributed by atoms with Crippen LogP contribution in [-0.2, 0) is 23.0 Å². The summed E-state index contributed by atoms with van der Waals surface area (Å²) in [6.07, 6.45) is 4.90. The Kier molecular flexibility index (Phi) is 8.35. The Morgan fingerprint density at radius 3 is 2.59 bits per heavy atom. The lowest BCUT2D eigenvalue weighted by atomic mass is 10.2. The SMILES string of the molecule is CCCCc1nc2c(N)nc3ccccc3c2n1CCCCNc1cccc(S(N)(=O)=O)c1.Cl. The van der Waals surface area contributed by atoms with Crippen LogP contribution in [0, 0.1) is 0 Å². The average Bonchev–Trinajstić information content (AvgIpc) is 3.16. The highest BCUT2D eigenvalue weighted by Crippen LogP contribution is 2.29. The van der Waals surface area contributed by atoms with E-state index in [1.807, 2.05) is 24.3 Å². The summed E-state index contributed by atoms with van der Waals surface area (Å²) in [5, 5.41) is 9.57. The second-order valence-corrected chi connectivity index (χ2v) is 9.76. The van der Waals surface area contributed by atoms with Crippen LogP contribution in [0.2, 0.25) is 0 Å². The number of rotatable bonds is 10. The van der Waals surface area contributed by atoms with E-state index in [4.69, 9.17) is 15.9 Å². The number of sulfonamides is 1. The van der Waals surface area contributed by atoms with Crippen molar-refractivity contribution in [3.05, 3.63) is 54.4 Å². The van der Waals surface area contributed by atoms with Crippen molar-refractivity contribution in [1.82, 2.24) is 14.5 Å². The standard InChI is InChI=1S/C24H30N6O2S.ClH/c1-2-3-13-21-29-22-23(19-11-4-5-12-20(19)28-24(22)25)30(21)15-7-6-14-27-17-9-8-10-18(16-17)33(26,31)32;/h4-5,8-12,16,27H,2-3,6-7,13-15H2,1H3,(H2,25,28)(H2,26,31,32);1H. The maximum Gasteiger partial charge on any atom is 0.238 e. The van der Waals surface area contributed by atoms with Crippen LogP contribution in [0.1, 0.15) is 38.4 Å². The first-order valence-electron chi connectivity index (χ1n) is 11.3. The first kappa shape index (κ1) is 25.7. The van der Waals surface area contributed by atoms with Gasteiger partial charge in [0.1, 0.15) is 11.3 Å². The number of aryl methyl sites for hydroxylation is 2. The normalized spacial score (nSPS) is 11.6. The van der Waals surface area contributed by atoms with Crippen molar-refractivity contribution in [2.75, 3.05) is 17.6 Å². The summed E-state index contributed by atoms with van der Waals surface area (Å²) in [6, 6.07) is 14.6. The molecule has 0 aliphatic heterocycles. The molecule has 10 heteroatoms. The molecule has 2 aromatic carbocycles. The van der Waals surface area contributed by atoms with Gasteiger partial charge in [-0.1, -0.05) is 37.6 Å². The van der Waals surface area contributed by atoms with Gasteiger partial charge in [0.15, 0.2) is 5.82 Å². The van der Waals surface area contributed by atoms with Crippen molar-refractivity contribution in [3.63, 3.8) is 0 Å². The number of fused-ring (bicyclic) bond motifs is 3. The zero-order valence-electron chi connectivity index (χ0n) is 19.2. The number of pyridine rings is 1. The number of nitrogens with two attached hydrogens (primary N) is 2. The number of anilines is 2. The molecule has 8 nitrogen and oxygen atoms in total. The number of nitrogens with one attached hydrogen (secondary N) is 1. The van der Waals surface area contributed by atoms with Gasteiger partial charge in [-0.25, -0.2) is 23.5 Å². The minimum atomic E-state index is -3.71. The van der Waals surface area contributed by atoms with Gasteiger partial charge >= 0.3 is 0 Å². The summed E-state index contributed by atoms with van der Waals surface area (Å²) in [6.45, 7) is 3.71. The molecule has 0 atom stereocenters. The van der Waals surface area contributed by atoms with Gasteiger partial charge in [0.05, 0.1) is 15.9 Å². The Hall–Kier alpha value is -2.88. The molecule has 0 spiro atoms. The number of aromatic nitrogens is 3. The summed E-state index contributed by atoms with van der Waals surface area (Å²) < 4.78 is 25.4. The predicted octanol–water partition coefficient (Wildman–Crippen LogP) is 4.47. The molecule has 0 aliphatic rings. The zero-order valence-corrected chi connectivity index (χ0v) is 20.8. The molecule has 2 aromatic heterocycles. The third-order valence-corrected chi connectivity index (χ3v) is 6.65. The van der Waals surface area contributed by atoms with E-state index in [1.54, 1.807) is 12.1 Å². The van der Waals surface area contributed by atoms with Gasteiger partial charge in [-0.3, -0.25) is 0 Å². The molecule has 0 bridgehead atoms. The third kappa shape index (κ3) is 5.60. The number of para-hydroxylation sites is 1. The highest BCUT2D eigenvalue weighted by molar-refractivity contribution is 7.89. The van der Waals surface area contributed by atoms with E-state index in [2.05, 4.69) is 27.9 Å². The van der Waals surface area contributed by atoms with E-state index in [0.717, 1.165) is 78.6 Å². The van der Waals surface area contributed by atoms with Gasteiger partial charge in [0.25, 0.3) is 0 Å². The number of nitrogens with zero attached hydrogens (tertiary/aromatic N) is 3. The first-order valence-corrected chi connectivity index (χ1v) is 12.8. The maximum atomic E-state index is 11.6. The summed E-state index contributed by atoms with van der Waals surface area (Å²) in [5.41, 5.74) is 9.71. The second-order valence-electron chi connectivity index (χ2n) is 8.20. The molecule has 0 saturated heterocycles. The topological polar surface area (TPSA) is 129 Å². The molecule has 2 heterocycles. The number of benzene rings is 2. The highest BCUT2D eigenvalue weighted by Gasteiger charge is 2.16. The largest absolute Gasteiger partial charge is 0.385 e. The quantitative estimate of drug-likeness (QED) is 0.274. The number of halogens is 1. The van der Waals surface area contributed by atoms with Gasteiger partial charge in [0, 0.05) is 30.6 Å². The first-order chi connectivity index (χ1) is 15.9. The van der Waals surface area contributed by atoms with E-state index < -0.39 is 10.0 Å². The third-order valence-electron chi connectivity index (χ3n) is 5.74. The van der Waals surface area contributed by atoms with E-state index >= 15 is 0 Å². The van der Waals surface area contributed by atoms with Crippen LogP contribution in [-0.4, -0.2) is 29.5 Å². The van der Waals surface area contributed by atoms with E-state index in [0.29, 0.717) is 5.82 Å². The number of primary sulfonamides is 1.